The van der Waals surface area contributed by atoms with Crippen molar-refractivity contribution in [2.75, 3.05) is 13.2 Å². The predicted octanol–water partition coefficient (Wildman–Crippen LogP) is 2.31. The Kier molecular flexibility index (Phi) is 4.20. The normalized spacial score (nSPS) is 17.4. The molecule has 4 heterocycles. The molecule has 0 radical (unpaired) electrons. The zero-order chi connectivity index (χ0) is 16.2. The summed E-state index contributed by atoms with van der Waals surface area (Å²) >= 11 is 0. The Labute approximate surface area is 140 Å². The second-order valence-electron chi connectivity index (χ2n) is 5.89. The number of ether oxygens (including phenoxy) is 1. The number of fused-ring (bicyclic) bond motifs is 1. The molecule has 6 nitrogen and oxygen atoms in total. The fraction of sp³-hybridized carbons (Fsp3) is 0.278. The average Bonchev–Trinajstić information content (AvgIpc) is 3.10. The maximum absolute atomic E-state index is 5.86. The Morgan fingerprint density at radius 3 is 2.67 bits per heavy atom. The van der Waals surface area contributed by atoms with Crippen molar-refractivity contribution in [3.8, 4) is 5.88 Å². The minimum atomic E-state index is 0.162. The van der Waals surface area contributed by atoms with Gasteiger partial charge in [-0.25, -0.2) is 4.98 Å². The molecule has 0 unspecified atom stereocenters. The number of pyridine rings is 2. The Bertz CT molecular complexity index is 774. The third-order valence-electron chi connectivity index (χ3n) is 4.13. The summed E-state index contributed by atoms with van der Waals surface area (Å²) in [5.41, 5.74) is 2.28. The van der Waals surface area contributed by atoms with E-state index in [4.69, 9.17) is 4.74 Å². The topological polar surface area (TPSA) is 56.1 Å². The molecule has 0 aromatic carbocycles. The molecule has 0 bridgehead atoms. The van der Waals surface area contributed by atoms with E-state index >= 15 is 0 Å². The van der Waals surface area contributed by atoms with Crippen LogP contribution in [-0.2, 0) is 13.1 Å². The smallest absolute Gasteiger partial charge is 0.213 e. The summed E-state index contributed by atoms with van der Waals surface area (Å²) in [4.78, 5) is 11.0. The molecule has 0 fully saturated rings. The number of nitrogens with zero attached hydrogens (tertiary/aromatic N) is 5. The molecule has 0 saturated carbocycles. The molecule has 1 aliphatic rings. The first-order valence-corrected chi connectivity index (χ1v) is 8.07. The van der Waals surface area contributed by atoms with Crippen LogP contribution in [0.25, 0.3) is 0 Å². The zero-order valence-corrected chi connectivity index (χ0v) is 13.3. The fourth-order valence-corrected chi connectivity index (χ4v) is 3.04. The lowest BCUT2D eigenvalue weighted by Crippen LogP contribution is -2.39. The van der Waals surface area contributed by atoms with E-state index in [1.54, 1.807) is 6.20 Å². The Hall–Kier alpha value is -2.73. The van der Waals surface area contributed by atoms with Gasteiger partial charge in [-0.05, 0) is 24.3 Å². The standard InChI is InChI=1S/C18H19N5O/c1-3-8-19-15(5-1)11-22-12-16-7-10-21-23(16)17(13-22)14-24-18-6-2-4-9-20-18/h1-10,17H,11-14H2/t17-/m0/s1. The van der Waals surface area contributed by atoms with Crippen molar-refractivity contribution in [1.29, 1.82) is 0 Å². The molecule has 1 atom stereocenters. The van der Waals surface area contributed by atoms with Gasteiger partial charge < -0.3 is 4.74 Å². The van der Waals surface area contributed by atoms with Gasteiger partial charge in [-0.2, -0.15) is 5.10 Å². The first kappa shape index (κ1) is 14.8. The van der Waals surface area contributed by atoms with Crippen LogP contribution < -0.4 is 4.74 Å². The van der Waals surface area contributed by atoms with Gasteiger partial charge in [0.05, 0.1) is 17.4 Å². The second kappa shape index (κ2) is 6.80. The molecule has 0 spiro atoms. The minimum Gasteiger partial charge on any atom is -0.475 e. The molecular formula is C18H19N5O. The lowest BCUT2D eigenvalue weighted by atomic mass is 10.2. The molecule has 122 valence electrons. The maximum atomic E-state index is 5.86. The van der Waals surface area contributed by atoms with E-state index in [1.807, 2.05) is 42.7 Å². The molecule has 0 N–H and O–H groups in total. The summed E-state index contributed by atoms with van der Waals surface area (Å²) in [6.45, 7) is 3.12. The van der Waals surface area contributed by atoms with Crippen molar-refractivity contribution in [2.24, 2.45) is 0 Å². The maximum Gasteiger partial charge on any atom is 0.213 e. The lowest BCUT2D eigenvalue weighted by Gasteiger charge is -2.33. The Morgan fingerprint density at radius 1 is 1.00 bits per heavy atom. The van der Waals surface area contributed by atoms with Gasteiger partial charge in [-0.3, -0.25) is 14.6 Å². The molecule has 3 aromatic rings. The molecule has 24 heavy (non-hydrogen) atoms. The van der Waals surface area contributed by atoms with Crippen LogP contribution >= 0.6 is 0 Å². The van der Waals surface area contributed by atoms with Crippen LogP contribution in [0.3, 0.4) is 0 Å². The first-order valence-electron chi connectivity index (χ1n) is 8.07. The van der Waals surface area contributed by atoms with Crippen LogP contribution in [-0.4, -0.2) is 37.8 Å². The Balaban J connectivity index is 1.47. The van der Waals surface area contributed by atoms with Crippen LogP contribution in [0.2, 0.25) is 0 Å². The molecule has 0 saturated heterocycles. The van der Waals surface area contributed by atoms with Gasteiger partial charge in [0, 0.05) is 44.3 Å². The third kappa shape index (κ3) is 3.28. The van der Waals surface area contributed by atoms with Gasteiger partial charge in [-0.15, -0.1) is 0 Å². The highest BCUT2D eigenvalue weighted by Gasteiger charge is 2.26. The van der Waals surface area contributed by atoms with Crippen molar-refractivity contribution in [3.05, 3.63) is 72.4 Å². The molecule has 6 heteroatoms. The average molecular weight is 321 g/mol. The highest BCUT2D eigenvalue weighted by atomic mass is 16.5. The van der Waals surface area contributed by atoms with Gasteiger partial charge in [0.1, 0.15) is 6.61 Å². The fourth-order valence-electron chi connectivity index (χ4n) is 3.04. The van der Waals surface area contributed by atoms with E-state index in [1.165, 1.54) is 5.69 Å². The quantitative estimate of drug-likeness (QED) is 0.722. The van der Waals surface area contributed by atoms with Gasteiger partial charge in [0.15, 0.2) is 0 Å². The third-order valence-corrected chi connectivity index (χ3v) is 4.13. The monoisotopic (exact) mass is 321 g/mol. The lowest BCUT2D eigenvalue weighted by molar-refractivity contribution is 0.124. The highest BCUT2D eigenvalue weighted by Crippen LogP contribution is 2.22. The van der Waals surface area contributed by atoms with E-state index in [2.05, 4.69) is 36.8 Å². The summed E-state index contributed by atoms with van der Waals surface area (Å²) in [6, 6.07) is 13.9. The molecule has 4 rings (SSSR count). The highest BCUT2D eigenvalue weighted by molar-refractivity contribution is 5.11. The van der Waals surface area contributed by atoms with Crippen molar-refractivity contribution < 1.29 is 4.74 Å². The molecule has 3 aromatic heterocycles. The van der Waals surface area contributed by atoms with Crippen molar-refractivity contribution in [1.82, 2.24) is 24.6 Å². The van der Waals surface area contributed by atoms with Crippen molar-refractivity contribution in [2.45, 2.75) is 19.1 Å². The molecule has 0 aliphatic carbocycles. The van der Waals surface area contributed by atoms with Crippen LogP contribution in [0.4, 0.5) is 0 Å². The van der Waals surface area contributed by atoms with Crippen LogP contribution in [0.5, 0.6) is 5.88 Å². The van der Waals surface area contributed by atoms with E-state index in [0.29, 0.717) is 12.5 Å². The van der Waals surface area contributed by atoms with Gasteiger partial charge in [0.25, 0.3) is 0 Å². The Morgan fingerprint density at radius 2 is 1.88 bits per heavy atom. The number of rotatable bonds is 5. The second-order valence-corrected chi connectivity index (χ2v) is 5.89. The van der Waals surface area contributed by atoms with Gasteiger partial charge in [0.2, 0.25) is 5.88 Å². The van der Waals surface area contributed by atoms with E-state index in [9.17, 15) is 0 Å². The molecular weight excluding hydrogens is 302 g/mol. The first-order chi connectivity index (χ1) is 11.9. The summed E-state index contributed by atoms with van der Waals surface area (Å²) in [5.74, 6) is 0.646. The number of hydrogen-bond donors (Lipinski definition) is 0. The number of aromatic nitrogens is 4. The van der Waals surface area contributed by atoms with Crippen LogP contribution in [0, 0.1) is 0 Å². The number of hydrogen-bond acceptors (Lipinski definition) is 5. The SMILES string of the molecule is c1ccc(CN2Cc3ccnn3[C@H](COc3ccccn3)C2)nc1. The largest absolute Gasteiger partial charge is 0.475 e. The minimum absolute atomic E-state index is 0.162. The van der Waals surface area contributed by atoms with E-state index < -0.39 is 0 Å². The zero-order valence-electron chi connectivity index (χ0n) is 13.3. The van der Waals surface area contributed by atoms with Crippen LogP contribution in [0.15, 0.2) is 61.1 Å². The van der Waals surface area contributed by atoms with E-state index in [-0.39, 0.29) is 6.04 Å². The molecule has 0 amide bonds. The van der Waals surface area contributed by atoms with Gasteiger partial charge >= 0.3 is 0 Å². The summed E-state index contributed by atoms with van der Waals surface area (Å²) in [6.07, 6.45) is 5.43. The van der Waals surface area contributed by atoms with E-state index in [0.717, 1.165) is 25.3 Å². The van der Waals surface area contributed by atoms with Crippen molar-refractivity contribution in [3.63, 3.8) is 0 Å². The van der Waals surface area contributed by atoms with Crippen LogP contribution in [0.1, 0.15) is 17.4 Å². The predicted molar refractivity (Wildman–Crippen MR) is 89.3 cm³/mol. The van der Waals surface area contributed by atoms with Crippen molar-refractivity contribution >= 4 is 0 Å². The summed E-state index contributed by atoms with van der Waals surface area (Å²) in [7, 11) is 0. The summed E-state index contributed by atoms with van der Waals surface area (Å²) < 4.78 is 7.92. The molecule has 1 aliphatic heterocycles. The van der Waals surface area contributed by atoms with Gasteiger partial charge in [-0.1, -0.05) is 12.1 Å². The summed E-state index contributed by atoms with van der Waals surface area (Å²) in [5, 5.41) is 4.47.